The minimum Gasteiger partial charge on any atom is -0.457 e. The molecule has 9 heteroatoms. The van der Waals surface area contributed by atoms with Crippen molar-refractivity contribution in [2.45, 2.75) is 6.18 Å². The van der Waals surface area contributed by atoms with E-state index in [4.69, 9.17) is 4.74 Å². The van der Waals surface area contributed by atoms with Crippen LogP contribution in [0.4, 0.5) is 24.5 Å². The number of hydrogen-bond donors (Lipinski definition) is 1. The Morgan fingerprint density at radius 1 is 0.966 bits per heavy atom. The fraction of sp³-hybridized carbons (Fsp3) is 0.0500. The van der Waals surface area contributed by atoms with Crippen LogP contribution in [0, 0.1) is 10.1 Å². The van der Waals surface area contributed by atoms with Gasteiger partial charge in [0.15, 0.2) is 0 Å². The number of ether oxygens (including phenoxy) is 1. The van der Waals surface area contributed by atoms with Gasteiger partial charge in [0, 0.05) is 6.07 Å². The van der Waals surface area contributed by atoms with Crippen molar-refractivity contribution in [1.82, 2.24) is 0 Å². The monoisotopic (exact) mass is 401 g/mol. The molecule has 148 valence electrons. The molecule has 0 fully saturated rings. The standard InChI is InChI=1S/C20H14F3N3O3/c21-20(22,23)15-9-10-18(19(12-15)26(27)28)25-24-13-14-5-4-8-17(11-14)29-16-6-2-1-3-7-16/h1-13,25H/b24-13-. The molecule has 1 N–H and O–H groups in total. The number of nitro benzene ring substituents is 1. The Kier molecular flexibility index (Phi) is 5.77. The van der Waals surface area contributed by atoms with Crippen LogP contribution >= 0.6 is 0 Å². The van der Waals surface area contributed by atoms with Gasteiger partial charge in [-0.2, -0.15) is 18.3 Å². The van der Waals surface area contributed by atoms with E-state index in [0.717, 1.165) is 12.1 Å². The van der Waals surface area contributed by atoms with Crippen molar-refractivity contribution in [3.63, 3.8) is 0 Å². The van der Waals surface area contributed by atoms with Gasteiger partial charge in [-0.1, -0.05) is 30.3 Å². The molecule has 0 aliphatic rings. The van der Waals surface area contributed by atoms with E-state index in [1.54, 1.807) is 36.4 Å². The zero-order valence-corrected chi connectivity index (χ0v) is 14.8. The SMILES string of the molecule is O=[N+]([O-])c1cc(C(F)(F)F)ccc1N/N=C\c1cccc(Oc2ccccc2)c1. The molecule has 3 aromatic carbocycles. The van der Waals surface area contributed by atoms with E-state index in [2.05, 4.69) is 10.5 Å². The maximum absolute atomic E-state index is 12.7. The largest absolute Gasteiger partial charge is 0.457 e. The second-order valence-electron chi connectivity index (χ2n) is 5.84. The van der Waals surface area contributed by atoms with E-state index in [1.807, 2.05) is 18.2 Å². The average molecular weight is 401 g/mol. The van der Waals surface area contributed by atoms with Crippen LogP contribution in [-0.2, 0) is 6.18 Å². The van der Waals surface area contributed by atoms with Crippen molar-refractivity contribution < 1.29 is 22.8 Å². The summed E-state index contributed by atoms with van der Waals surface area (Å²) in [5.74, 6) is 1.21. The third kappa shape index (κ3) is 5.32. The zero-order valence-electron chi connectivity index (χ0n) is 14.8. The molecular weight excluding hydrogens is 387 g/mol. The Labute approximate surface area is 163 Å². The van der Waals surface area contributed by atoms with Gasteiger partial charge >= 0.3 is 6.18 Å². The summed E-state index contributed by atoms with van der Waals surface area (Å²) < 4.78 is 43.9. The molecule has 0 saturated heterocycles. The van der Waals surface area contributed by atoms with Crippen molar-refractivity contribution in [3.05, 3.63) is 94.0 Å². The Hall–Kier alpha value is -3.88. The van der Waals surface area contributed by atoms with E-state index < -0.39 is 22.4 Å². The predicted octanol–water partition coefficient (Wildman–Crippen LogP) is 5.85. The summed E-state index contributed by atoms with van der Waals surface area (Å²) in [4.78, 5) is 10.2. The van der Waals surface area contributed by atoms with Crippen LogP contribution in [0.1, 0.15) is 11.1 Å². The van der Waals surface area contributed by atoms with Crippen LogP contribution in [0.25, 0.3) is 0 Å². The van der Waals surface area contributed by atoms with Crippen molar-refractivity contribution in [3.8, 4) is 11.5 Å². The van der Waals surface area contributed by atoms with Gasteiger partial charge in [0.25, 0.3) is 5.69 Å². The van der Waals surface area contributed by atoms with Gasteiger partial charge in [-0.25, -0.2) is 0 Å². The van der Waals surface area contributed by atoms with E-state index in [0.29, 0.717) is 23.1 Å². The lowest BCUT2D eigenvalue weighted by molar-refractivity contribution is -0.384. The van der Waals surface area contributed by atoms with Gasteiger partial charge in [-0.3, -0.25) is 15.5 Å². The number of nitrogens with zero attached hydrogens (tertiary/aromatic N) is 2. The summed E-state index contributed by atoms with van der Waals surface area (Å²) in [6.45, 7) is 0. The molecule has 29 heavy (non-hydrogen) atoms. The number of alkyl halides is 3. The number of anilines is 1. The first-order valence-corrected chi connectivity index (χ1v) is 8.30. The van der Waals surface area contributed by atoms with Crippen LogP contribution in [0.15, 0.2) is 77.9 Å². The number of nitro groups is 1. The molecule has 0 aliphatic heterocycles. The van der Waals surface area contributed by atoms with Crippen molar-refractivity contribution in [1.29, 1.82) is 0 Å². The van der Waals surface area contributed by atoms with E-state index in [9.17, 15) is 23.3 Å². The molecule has 0 aromatic heterocycles. The molecular formula is C20H14F3N3O3. The molecule has 0 aliphatic carbocycles. The lowest BCUT2D eigenvalue weighted by Gasteiger charge is -2.08. The van der Waals surface area contributed by atoms with Crippen LogP contribution in [0.3, 0.4) is 0 Å². The first-order chi connectivity index (χ1) is 13.8. The number of para-hydroxylation sites is 1. The van der Waals surface area contributed by atoms with E-state index in [-0.39, 0.29) is 5.69 Å². The minimum absolute atomic E-state index is 0.157. The average Bonchev–Trinajstić information content (AvgIpc) is 2.68. The summed E-state index contributed by atoms with van der Waals surface area (Å²) in [6, 6.07) is 18.2. The lowest BCUT2D eigenvalue weighted by Crippen LogP contribution is -2.06. The first-order valence-electron chi connectivity index (χ1n) is 8.30. The molecule has 0 heterocycles. The predicted molar refractivity (Wildman–Crippen MR) is 102 cm³/mol. The molecule has 0 amide bonds. The van der Waals surface area contributed by atoms with Gasteiger partial charge in [0.2, 0.25) is 0 Å². The van der Waals surface area contributed by atoms with Crippen molar-refractivity contribution >= 4 is 17.6 Å². The summed E-state index contributed by atoms with van der Waals surface area (Å²) >= 11 is 0. The fourth-order valence-electron chi connectivity index (χ4n) is 2.41. The maximum atomic E-state index is 12.7. The molecule has 0 saturated carbocycles. The molecule has 6 nitrogen and oxygen atoms in total. The molecule has 0 bridgehead atoms. The Balaban J connectivity index is 1.74. The summed E-state index contributed by atoms with van der Waals surface area (Å²) in [5.41, 5.74) is 1.05. The highest BCUT2D eigenvalue weighted by Crippen LogP contribution is 2.35. The van der Waals surface area contributed by atoms with E-state index >= 15 is 0 Å². The second kappa shape index (κ2) is 8.42. The zero-order chi connectivity index (χ0) is 20.9. The highest BCUT2D eigenvalue weighted by Gasteiger charge is 2.33. The van der Waals surface area contributed by atoms with Gasteiger partial charge in [0.05, 0.1) is 16.7 Å². The molecule has 0 unspecified atom stereocenters. The number of nitrogens with one attached hydrogen (secondary N) is 1. The molecule has 3 aromatic rings. The highest BCUT2D eigenvalue weighted by atomic mass is 19.4. The second-order valence-corrected chi connectivity index (χ2v) is 5.84. The minimum atomic E-state index is -4.67. The quantitative estimate of drug-likeness (QED) is 0.319. The molecule has 3 rings (SSSR count). The first kappa shape index (κ1) is 19.9. The molecule has 0 atom stereocenters. The van der Waals surface area contributed by atoms with Crippen LogP contribution in [0.5, 0.6) is 11.5 Å². The maximum Gasteiger partial charge on any atom is 0.416 e. The Morgan fingerprint density at radius 3 is 2.38 bits per heavy atom. The smallest absolute Gasteiger partial charge is 0.416 e. The molecule has 0 radical (unpaired) electrons. The van der Waals surface area contributed by atoms with Gasteiger partial charge in [0.1, 0.15) is 17.2 Å². The van der Waals surface area contributed by atoms with Gasteiger partial charge < -0.3 is 4.74 Å². The van der Waals surface area contributed by atoms with Gasteiger partial charge in [-0.05, 0) is 42.0 Å². The van der Waals surface area contributed by atoms with E-state index in [1.165, 1.54) is 6.21 Å². The Morgan fingerprint density at radius 2 is 1.69 bits per heavy atom. The van der Waals surface area contributed by atoms with Crippen LogP contribution in [0.2, 0.25) is 0 Å². The molecule has 0 spiro atoms. The third-order valence-corrected chi connectivity index (χ3v) is 3.76. The topological polar surface area (TPSA) is 76.8 Å². The lowest BCUT2D eigenvalue weighted by atomic mass is 10.1. The number of hydrazone groups is 1. The normalized spacial score (nSPS) is 11.4. The highest BCUT2D eigenvalue weighted by molar-refractivity contribution is 5.81. The number of hydrogen-bond acceptors (Lipinski definition) is 5. The summed E-state index contributed by atoms with van der Waals surface area (Å²) in [6.07, 6.45) is -3.30. The number of rotatable bonds is 6. The summed E-state index contributed by atoms with van der Waals surface area (Å²) in [5, 5.41) is 15.0. The fourth-order valence-corrected chi connectivity index (χ4v) is 2.41. The number of halogens is 3. The Bertz CT molecular complexity index is 1040. The number of benzene rings is 3. The summed E-state index contributed by atoms with van der Waals surface area (Å²) in [7, 11) is 0. The van der Waals surface area contributed by atoms with Crippen molar-refractivity contribution in [2.75, 3.05) is 5.43 Å². The van der Waals surface area contributed by atoms with Gasteiger partial charge in [-0.15, -0.1) is 0 Å². The third-order valence-electron chi connectivity index (χ3n) is 3.76. The van der Waals surface area contributed by atoms with Crippen LogP contribution in [-0.4, -0.2) is 11.1 Å². The van der Waals surface area contributed by atoms with Crippen molar-refractivity contribution in [2.24, 2.45) is 5.10 Å². The van der Waals surface area contributed by atoms with Crippen LogP contribution < -0.4 is 10.2 Å².